The highest BCUT2D eigenvalue weighted by Crippen LogP contribution is 2.28. The fraction of sp³-hybridized carbons (Fsp3) is 0.167. The number of hydrogen-bond donors (Lipinski definition) is 0. The molecule has 3 rings (SSSR count). The molecule has 0 aliphatic heterocycles. The Bertz CT molecular complexity index is 753. The Morgan fingerprint density at radius 3 is 2.85 bits per heavy atom. The zero-order chi connectivity index (χ0) is 13.9. The number of nitrogens with zero attached hydrogens (tertiary/aromatic N) is 1. The van der Waals surface area contributed by atoms with E-state index in [1.165, 1.54) is 5.57 Å². The summed E-state index contributed by atoms with van der Waals surface area (Å²) < 4.78 is 5.89. The molecular weight excluding hydrogens is 246 g/mol. The number of furan rings is 1. The van der Waals surface area contributed by atoms with Crippen LogP contribution in [0, 0.1) is 0 Å². The quantitative estimate of drug-likeness (QED) is 0.640. The van der Waals surface area contributed by atoms with Gasteiger partial charge in [0.05, 0.1) is 0 Å². The van der Waals surface area contributed by atoms with Crippen molar-refractivity contribution in [1.29, 1.82) is 0 Å². The Balaban J connectivity index is 2.06. The van der Waals surface area contributed by atoms with Crippen molar-refractivity contribution in [2.75, 3.05) is 0 Å². The standard InChI is InChI=1S/C18H17NO/c1-3-5-13(2)18-11-16-10-14(7-8-17(16)20-18)15-6-4-9-19-12-15/h4-12H,3H2,1-2H3/b13-5+. The van der Waals surface area contributed by atoms with E-state index in [4.69, 9.17) is 4.42 Å². The van der Waals surface area contributed by atoms with Gasteiger partial charge >= 0.3 is 0 Å². The van der Waals surface area contributed by atoms with Crippen molar-refractivity contribution in [2.24, 2.45) is 0 Å². The molecule has 0 amide bonds. The van der Waals surface area contributed by atoms with Crippen LogP contribution in [0.1, 0.15) is 26.0 Å². The molecule has 0 atom stereocenters. The third kappa shape index (κ3) is 2.37. The zero-order valence-corrected chi connectivity index (χ0v) is 11.8. The third-order valence-electron chi connectivity index (χ3n) is 3.41. The summed E-state index contributed by atoms with van der Waals surface area (Å²) in [6, 6.07) is 12.4. The van der Waals surface area contributed by atoms with E-state index in [9.17, 15) is 0 Å². The van der Waals surface area contributed by atoms with Crippen molar-refractivity contribution >= 4 is 16.5 Å². The van der Waals surface area contributed by atoms with Crippen LogP contribution in [0.3, 0.4) is 0 Å². The molecule has 2 nitrogen and oxygen atoms in total. The van der Waals surface area contributed by atoms with Gasteiger partial charge in [0.1, 0.15) is 11.3 Å². The lowest BCUT2D eigenvalue weighted by atomic mass is 10.1. The lowest BCUT2D eigenvalue weighted by Gasteiger charge is -1.99. The smallest absolute Gasteiger partial charge is 0.134 e. The van der Waals surface area contributed by atoms with Gasteiger partial charge in [-0.05, 0) is 48.7 Å². The molecule has 0 N–H and O–H groups in total. The van der Waals surface area contributed by atoms with Gasteiger partial charge in [-0.15, -0.1) is 0 Å². The van der Waals surface area contributed by atoms with Crippen molar-refractivity contribution < 1.29 is 4.42 Å². The van der Waals surface area contributed by atoms with E-state index in [-0.39, 0.29) is 0 Å². The molecule has 0 fully saturated rings. The van der Waals surface area contributed by atoms with E-state index in [1.54, 1.807) is 6.20 Å². The van der Waals surface area contributed by atoms with Crippen LogP contribution in [-0.2, 0) is 0 Å². The van der Waals surface area contributed by atoms with Crippen molar-refractivity contribution in [3.05, 3.63) is 60.6 Å². The van der Waals surface area contributed by atoms with Crippen LogP contribution < -0.4 is 0 Å². The first-order chi connectivity index (χ1) is 9.78. The molecule has 3 aromatic rings. The Hall–Kier alpha value is -2.35. The van der Waals surface area contributed by atoms with E-state index >= 15 is 0 Å². The maximum atomic E-state index is 5.89. The van der Waals surface area contributed by atoms with Gasteiger partial charge < -0.3 is 4.42 Å². The van der Waals surface area contributed by atoms with Gasteiger partial charge in [0, 0.05) is 23.3 Å². The second kappa shape index (κ2) is 5.33. The van der Waals surface area contributed by atoms with E-state index < -0.39 is 0 Å². The largest absolute Gasteiger partial charge is 0.456 e. The molecule has 0 saturated carbocycles. The first-order valence-corrected chi connectivity index (χ1v) is 6.89. The average molecular weight is 263 g/mol. The molecule has 20 heavy (non-hydrogen) atoms. The fourth-order valence-corrected chi connectivity index (χ4v) is 2.36. The average Bonchev–Trinajstić information content (AvgIpc) is 2.91. The summed E-state index contributed by atoms with van der Waals surface area (Å²) in [7, 11) is 0. The molecule has 2 heterocycles. The predicted molar refractivity (Wildman–Crippen MR) is 83.4 cm³/mol. The van der Waals surface area contributed by atoms with Gasteiger partial charge in [-0.3, -0.25) is 4.98 Å². The molecule has 0 saturated heterocycles. The second-order valence-corrected chi connectivity index (χ2v) is 4.90. The molecule has 0 bridgehead atoms. The van der Waals surface area contributed by atoms with Crippen LogP contribution in [0.5, 0.6) is 0 Å². The molecule has 0 aliphatic rings. The number of allylic oxidation sites excluding steroid dienone is 2. The molecule has 0 radical (unpaired) electrons. The van der Waals surface area contributed by atoms with Crippen molar-refractivity contribution in [2.45, 2.75) is 20.3 Å². The van der Waals surface area contributed by atoms with Gasteiger partial charge in [-0.2, -0.15) is 0 Å². The monoisotopic (exact) mass is 263 g/mol. The van der Waals surface area contributed by atoms with Crippen LogP contribution in [0.15, 0.2) is 59.3 Å². The number of benzene rings is 1. The molecular formula is C18H17NO. The van der Waals surface area contributed by atoms with Crippen molar-refractivity contribution in [1.82, 2.24) is 4.98 Å². The lowest BCUT2D eigenvalue weighted by Crippen LogP contribution is -1.78. The van der Waals surface area contributed by atoms with Gasteiger partial charge in [-0.1, -0.05) is 25.1 Å². The zero-order valence-electron chi connectivity index (χ0n) is 11.8. The highest BCUT2D eigenvalue weighted by atomic mass is 16.3. The molecule has 1 aromatic carbocycles. The van der Waals surface area contributed by atoms with Crippen LogP contribution in [0.2, 0.25) is 0 Å². The first-order valence-electron chi connectivity index (χ1n) is 6.89. The summed E-state index contributed by atoms with van der Waals surface area (Å²) in [4.78, 5) is 4.17. The van der Waals surface area contributed by atoms with Gasteiger partial charge in [-0.25, -0.2) is 0 Å². The highest BCUT2D eigenvalue weighted by molar-refractivity contribution is 5.86. The van der Waals surface area contributed by atoms with Gasteiger partial charge in [0.2, 0.25) is 0 Å². The molecule has 0 aliphatic carbocycles. The Labute approximate surface area is 118 Å². The fourth-order valence-electron chi connectivity index (χ4n) is 2.36. The number of pyridine rings is 1. The number of aromatic nitrogens is 1. The van der Waals surface area contributed by atoms with E-state index in [2.05, 4.69) is 49.2 Å². The van der Waals surface area contributed by atoms with E-state index in [1.807, 2.05) is 18.3 Å². The first kappa shape index (κ1) is 12.7. The van der Waals surface area contributed by atoms with Crippen LogP contribution in [0.4, 0.5) is 0 Å². The minimum Gasteiger partial charge on any atom is -0.456 e. The number of hydrogen-bond acceptors (Lipinski definition) is 2. The maximum absolute atomic E-state index is 5.89. The normalized spacial score (nSPS) is 12.0. The minimum atomic E-state index is 0.927. The Morgan fingerprint density at radius 1 is 1.20 bits per heavy atom. The van der Waals surface area contributed by atoms with E-state index in [0.29, 0.717) is 0 Å². The summed E-state index contributed by atoms with van der Waals surface area (Å²) in [5.74, 6) is 0.949. The molecule has 2 aromatic heterocycles. The highest BCUT2D eigenvalue weighted by Gasteiger charge is 2.07. The van der Waals surface area contributed by atoms with Gasteiger partial charge in [0.15, 0.2) is 0 Å². The summed E-state index contributed by atoms with van der Waals surface area (Å²) in [5.41, 5.74) is 4.40. The topological polar surface area (TPSA) is 26.0 Å². The van der Waals surface area contributed by atoms with Crippen molar-refractivity contribution in [3.63, 3.8) is 0 Å². The molecule has 0 spiro atoms. The number of rotatable bonds is 3. The summed E-state index contributed by atoms with van der Waals surface area (Å²) in [6.45, 7) is 4.22. The molecule has 100 valence electrons. The minimum absolute atomic E-state index is 0.927. The lowest BCUT2D eigenvalue weighted by molar-refractivity contribution is 0.599. The number of fused-ring (bicyclic) bond motifs is 1. The van der Waals surface area contributed by atoms with E-state index in [0.717, 1.165) is 34.3 Å². The maximum Gasteiger partial charge on any atom is 0.134 e. The SMILES string of the molecule is CC/C=C(\C)c1cc2cc(-c3cccnc3)ccc2o1. The summed E-state index contributed by atoms with van der Waals surface area (Å²) in [6.07, 6.45) is 6.87. The van der Waals surface area contributed by atoms with Crippen LogP contribution in [-0.4, -0.2) is 4.98 Å². The molecule has 0 unspecified atom stereocenters. The predicted octanol–water partition coefficient (Wildman–Crippen LogP) is 5.31. The van der Waals surface area contributed by atoms with Crippen molar-refractivity contribution in [3.8, 4) is 11.1 Å². The second-order valence-electron chi connectivity index (χ2n) is 4.90. The Kier molecular flexibility index (Phi) is 3.38. The van der Waals surface area contributed by atoms with Crippen LogP contribution >= 0.6 is 0 Å². The summed E-state index contributed by atoms with van der Waals surface area (Å²) in [5, 5.41) is 1.13. The molecule has 2 heteroatoms. The Morgan fingerprint density at radius 2 is 2.10 bits per heavy atom. The van der Waals surface area contributed by atoms with Crippen LogP contribution in [0.25, 0.3) is 27.7 Å². The summed E-state index contributed by atoms with van der Waals surface area (Å²) >= 11 is 0. The van der Waals surface area contributed by atoms with Gasteiger partial charge in [0.25, 0.3) is 0 Å². The third-order valence-corrected chi connectivity index (χ3v) is 3.41.